The molecule has 0 spiro atoms. The van der Waals surface area contributed by atoms with Crippen LogP contribution in [0.3, 0.4) is 0 Å². The molecule has 0 fully saturated rings. The van der Waals surface area contributed by atoms with Crippen molar-refractivity contribution < 1.29 is 22.8 Å². The number of carbonyl (C=O) groups excluding carboxylic acids is 2. The highest BCUT2D eigenvalue weighted by Gasteiger charge is 2.17. The lowest BCUT2D eigenvalue weighted by molar-refractivity contribution is 0.0948. The Hall–Kier alpha value is -2.90. The van der Waals surface area contributed by atoms with Gasteiger partial charge < -0.3 is 10.6 Å². The summed E-state index contributed by atoms with van der Waals surface area (Å²) in [4.78, 5) is 27.9. The fraction of sp³-hybridized carbons (Fsp3) is 0.235. The molecule has 0 atom stereocenters. The number of nitrogens with zero attached hydrogens (tertiary/aromatic N) is 1. The van der Waals surface area contributed by atoms with Crippen LogP contribution in [0.2, 0.25) is 0 Å². The zero-order valence-corrected chi connectivity index (χ0v) is 13.4. The van der Waals surface area contributed by atoms with E-state index in [2.05, 4.69) is 15.6 Å². The molecule has 1 heterocycles. The van der Waals surface area contributed by atoms with Crippen molar-refractivity contribution in [2.75, 3.05) is 11.9 Å². The Morgan fingerprint density at radius 2 is 1.68 bits per heavy atom. The molecule has 0 unspecified atom stereocenters. The average Bonchev–Trinajstić information content (AvgIpc) is 2.62. The summed E-state index contributed by atoms with van der Waals surface area (Å²) >= 11 is 0. The molecule has 0 aliphatic carbocycles. The lowest BCUT2D eigenvalue weighted by atomic mass is 10.2. The quantitative estimate of drug-likeness (QED) is 0.620. The van der Waals surface area contributed by atoms with Gasteiger partial charge in [-0.2, -0.15) is 0 Å². The maximum atomic E-state index is 13.6. The molecule has 0 bridgehead atoms. The zero-order valence-electron chi connectivity index (χ0n) is 13.4. The van der Waals surface area contributed by atoms with Crippen molar-refractivity contribution in [3.05, 3.63) is 59.2 Å². The van der Waals surface area contributed by atoms with E-state index < -0.39 is 35.0 Å². The number of hydrogen-bond acceptors (Lipinski definition) is 3. The van der Waals surface area contributed by atoms with Gasteiger partial charge >= 0.3 is 0 Å². The van der Waals surface area contributed by atoms with E-state index in [-0.39, 0.29) is 11.4 Å². The Kier molecular flexibility index (Phi) is 6.10. The van der Waals surface area contributed by atoms with E-state index in [0.29, 0.717) is 12.6 Å². The molecule has 0 radical (unpaired) electrons. The Morgan fingerprint density at radius 3 is 2.36 bits per heavy atom. The second-order valence-corrected chi connectivity index (χ2v) is 5.19. The molecule has 132 valence electrons. The second kappa shape index (κ2) is 8.27. The van der Waals surface area contributed by atoms with E-state index >= 15 is 0 Å². The van der Waals surface area contributed by atoms with Gasteiger partial charge in [-0.05, 0) is 30.7 Å². The van der Waals surface area contributed by atoms with Crippen LogP contribution in [-0.4, -0.2) is 23.3 Å². The number of nitrogens with one attached hydrogen (secondary N) is 2. The third kappa shape index (κ3) is 4.56. The van der Waals surface area contributed by atoms with Crippen LogP contribution in [0.1, 0.15) is 40.7 Å². The fourth-order valence-corrected chi connectivity index (χ4v) is 1.97. The van der Waals surface area contributed by atoms with Crippen molar-refractivity contribution in [3.63, 3.8) is 0 Å². The van der Waals surface area contributed by atoms with Crippen molar-refractivity contribution in [2.24, 2.45) is 0 Å². The van der Waals surface area contributed by atoms with Gasteiger partial charge in [0.1, 0.15) is 11.4 Å². The minimum Gasteiger partial charge on any atom is -0.351 e. The summed E-state index contributed by atoms with van der Waals surface area (Å²) in [6, 6.07) is 5.77. The third-order valence-corrected chi connectivity index (χ3v) is 3.31. The highest BCUT2D eigenvalue weighted by atomic mass is 19.2. The summed E-state index contributed by atoms with van der Waals surface area (Å²) < 4.78 is 39.7. The maximum Gasteiger partial charge on any atom is 0.274 e. The summed E-state index contributed by atoms with van der Waals surface area (Å²) in [5.41, 5.74) is -0.662. The van der Waals surface area contributed by atoms with Crippen LogP contribution in [0.25, 0.3) is 0 Å². The van der Waals surface area contributed by atoms with Crippen LogP contribution in [0.5, 0.6) is 0 Å². The molecule has 0 aliphatic heterocycles. The van der Waals surface area contributed by atoms with Crippen LogP contribution in [0.15, 0.2) is 30.3 Å². The van der Waals surface area contributed by atoms with E-state index in [4.69, 9.17) is 0 Å². The van der Waals surface area contributed by atoms with Gasteiger partial charge in [0.05, 0.1) is 5.69 Å². The number of anilines is 1. The third-order valence-electron chi connectivity index (χ3n) is 3.31. The van der Waals surface area contributed by atoms with Crippen molar-refractivity contribution in [1.29, 1.82) is 0 Å². The molecular formula is C17H16F3N3O2. The molecule has 1 aromatic carbocycles. The Morgan fingerprint density at radius 1 is 1.00 bits per heavy atom. The van der Waals surface area contributed by atoms with Gasteiger partial charge in [-0.3, -0.25) is 9.59 Å². The van der Waals surface area contributed by atoms with Gasteiger partial charge in [-0.25, -0.2) is 18.2 Å². The summed E-state index contributed by atoms with van der Waals surface area (Å²) in [6.45, 7) is 2.46. The number of rotatable bonds is 6. The molecule has 0 aliphatic rings. The summed E-state index contributed by atoms with van der Waals surface area (Å²) in [6.07, 6.45) is 1.72. The minimum atomic E-state index is -1.69. The van der Waals surface area contributed by atoms with Gasteiger partial charge in [-0.15, -0.1) is 0 Å². The Bertz CT molecular complexity index is 797. The number of hydrogen-bond donors (Lipinski definition) is 2. The largest absolute Gasteiger partial charge is 0.351 e. The molecule has 0 saturated carbocycles. The molecule has 2 rings (SSSR count). The number of carbonyl (C=O) groups is 2. The summed E-state index contributed by atoms with van der Waals surface area (Å²) in [5.74, 6) is -5.86. The predicted molar refractivity (Wildman–Crippen MR) is 85.7 cm³/mol. The topological polar surface area (TPSA) is 71.1 Å². The lowest BCUT2D eigenvalue weighted by Crippen LogP contribution is -2.26. The van der Waals surface area contributed by atoms with Gasteiger partial charge in [0.2, 0.25) is 0 Å². The van der Waals surface area contributed by atoms with E-state index in [9.17, 15) is 22.8 Å². The number of pyridine rings is 1. The fourth-order valence-electron chi connectivity index (χ4n) is 1.97. The first-order valence-electron chi connectivity index (χ1n) is 7.64. The Labute approximate surface area is 142 Å². The highest BCUT2D eigenvalue weighted by molar-refractivity contribution is 6.03. The van der Waals surface area contributed by atoms with Crippen molar-refractivity contribution in [1.82, 2.24) is 10.3 Å². The van der Waals surface area contributed by atoms with Crippen molar-refractivity contribution in [2.45, 2.75) is 19.8 Å². The normalized spacial score (nSPS) is 10.4. The molecule has 2 aromatic rings. The predicted octanol–water partition coefficient (Wildman–Crippen LogP) is 3.28. The van der Waals surface area contributed by atoms with E-state index in [0.717, 1.165) is 18.9 Å². The molecule has 2 amide bonds. The van der Waals surface area contributed by atoms with Crippen LogP contribution in [0.4, 0.5) is 18.9 Å². The van der Waals surface area contributed by atoms with E-state index in [1.807, 2.05) is 6.92 Å². The first-order chi connectivity index (χ1) is 11.9. The van der Waals surface area contributed by atoms with E-state index in [1.165, 1.54) is 18.2 Å². The first kappa shape index (κ1) is 18.4. The van der Waals surface area contributed by atoms with Crippen LogP contribution in [0, 0.1) is 17.5 Å². The standard InChI is InChI=1S/C17H16F3N3O2/c1-2-3-9-21-16(24)12-5-4-6-13(22-12)17(25)23-11-8-7-10(18)14(19)15(11)20/h4-8H,2-3,9H2,1H3,(H,21,24)(H,23,25). The van der Waals surface area contributed by atoms with Crippen LogP contribution in [-0.2, 0) is 0 Å². The van der Waals surface area contributed by atoms with E-state index in [1.54, 1.807) is 0 Å². The molecule has 5 nitrogen and oxygen atoms in total. The highest BCUT2D eigenvalue weighted by Crippen LogP contribution is 2.20. The monoisotopic (exact) mass is 351 g/mol. The molecule has 2 N–H and O–H groups in total. The van der Waals surface area contributed by atoms with Gasteiger partial charge in [0.25, 0.3) is 11.8 Å². The lowest BCUT2D eigenvalue weighted by Gasteiger charge is -2.08. The molecule has 8 heteroatoms. The first-order valence-corrected chi connectivity index (χ1v) is 7.64. The zero-order chi connectivity index (χ0) is 18.4. The molecule has 1 aromatic heterocycles. The SMILES string of the molecule is CCCCNC(=O)c1cccc(C(=O)Nc2ccc(F)c(F)c2F)n1. The maximum absolute atomic E-state index is 13.6. The number of amides is 2. The van der Waals surface area contributed by atoms with Crippen molar-refractivity contribution in [3.8, 4) is 0 Å². The van der Waals surface area contributed by atoms with Gasteiger partial charge in [0, 0.05) is 6.54 Å². The Balaban J connectivity index is 2.14. The number of halogens is 3. The van der Waals surface area contributed by atoms with Gasteiger partial charge in [-0.1, -0.05) is 19.4 Å². The molecular weight excluding hydrogens is 335 g/mol. The number of aromatic nitrogens is 1. The average molecular weight is 351 g/mol. The summed E-state index contributed by atoms with van der Waals surface area (Å²) in [5, 5.41) is 4.75. The number of benzene rings is 1. The molecule has 25 heavy (non-hydrogen) atoms. The minimum absolute atomic E-state index is 0.0227. The van der Waals surface area contributed by atoms with Crippen LogP contribution >= 0.6 is 0 Å². The summed E-state index contributed by atoms with van der Waals surface area (Å²) in [7, 11) is 0. The second-order valence-electron chi connectivity index (χ2n) is 5.19. The number of unbranched alkanes of at least 4 members (excludes halogenated alkanes) is 1. The van der Waals surface area contributed by atoms with Gasteiger partial charge in [0.15, 0.2) is 17.5 Å². The smallest absolute Gasteiger partial charge is 0.274 e. The molecule has 0 saturated heterocycles. The van der Waals surface area contributed by atoms with Crippen molar-refractivity contribution >= 4 is 17.5 Å². The van der Waals surface area contributed by atoms with Crippen LogP contribution < -0.4 is 10.6 Å².